The molecule has 1 aliphatic rings. The van der Waals surface area contributed by atoms with E-state index in [9.17, 15) is 23.2 Å². The van der Waals surface area contributed by atoms with Gasteiger partial charge in [0.05, 0.1) is 11.1 Å². The smallest absolute Gasteiger partial charge is 0.345 e. The molecule has 1 aliphatic carbocycles. The summed E-state index contributed by atoms with van der Waals surface area (Å²) in [6, 6.07) is 5.17. The van der Waals surface area contributed by atoms with Crippen LogP contribution in [0.4, 0.5) is 19.0 Å². The standard InChI is InChI=1S/C19H15ClF3N7O/c20-11-7-12-13(9-27-15(12)26-8-11)16-25-5-1-14(29-16)30(6-4-24)18(2-3-18)17(31)28-10-19(21,22)23/h1,5,7-9H,2-3,6,10H2,(H,26,27)(H,28,31). The molecule has 0 saturated heterocycles. The quantitative estimate of drug-likeness (QED) is 0.559. The second-order valence-electron chi connectivity index (χ2n) is 7.06. The number of hydrogen-bond acceptors (Lipinski definition) is 6. The number of aromatic amines is 1. The second-order valence-corrected chi connectivity index (χ2v) is 7.50. The van der Waals surface area contributed by atoms with Crippen LogP contribution in [0.3, 0.4) is 0 Å². The topological polar surface area (TPSA) is 111 Å². The van der Waals surface area contributed by atoms with Crippen molar-refractivity contribution in [2.75, 3.05) is 18.0 Å². The Bertz CT molecular complexity index is 1180. The first kappa shape index (κ1) is 20.9. The van der Waals surface area contributed by atoms with Crippen molar-refractivity contribution in [1.29, 1.82) is 5.26 Å². The fourth-order valence-electron chi connectivity index (χ4n) is 3.40. The summed E-state index contributed by atoms with van der Waals surface area (Å²) >= 11 is 6.04. The van der Waals surface area contributed by atoms with Gasteiger partial charge in [-0.15, -0.1) is 0 Å². The Morgan fingerprint density at radius 2 is 2.16 bits per heavy atom. The van der Waals surface area contributed by atoms with Gasteiger partial charge in [0.1, 0.15) is 30.1 Å². The number of fused-ring (bicyclic) bond motifs is 1. The number of aromatic nitrogens is 4. The van der Waals surface area contributed by atoms with Gasteiger partial charge in [0.25, 0.3) is 0 Å². The van der Waals surface area contributed by atoms with E-state index in [1.807, 2.05) is 11.4 Å². The molecule has 0 spiro atoms. The van der Waals surface area contributed by atoms with E-state index in [1.165, 1.54) is 23.4 Å². The zero-order chi connectivity index (χ0) is 22.2. The molecule has 160 valence electrons. The highest BCUT2D eigenvalue weighted by molar-refractivity contribution is 6.31. The van der Waals surface area contributed by atoms with E-state index in [-0.39, 0.29) is 12.4 Å². The van der Waals surface area contributed by atoms with Crippen LogP contribution in [0.25, 0.3) is 22.4 Å². The molecule has 0 aromatic carbocycles. The molecule has 0 aliphatic heterocycles. The minimum absolute atomic E-state index is 0.225. The van der Waals surface area contributed by atoms with Crippen molar-refractivity contribution in [2.24, 2.45) is 0 Å². The zero-order valence-corrected chi connectivity index (χ0v) is 16.6. The van der Waals surface area contributed by atoms with Gasteiger partial charge in [-0.1, -0.05) is 11.6 Å². The first-order valence-electron chi connectivity index (χ1n) is 9.19. The average Bonchev–Trinajstić information content (AvgIpc) is 3.43. The summed E-state index contributed by atoms with van der Waals surface area (Å²) in [6.45, 7) is -1.66. The maximum Gasteiger partial charge on any atom is 0.405 e. The molecule has 12 heteroatoms. The van der Waals surface area contributed by atoms with Crippen molar-refractivity contribution in [1.82, 2.24) is 25.3 Å². The van der Waals surface area contributed by atoms with Crippen molar-refractivity contribution in [3.63, 3.8) is 0 Å². The Kier molecular flexibility index (Phi) is 5.18. The molecule has 1 amide bonds. The lowest BCUT2D eigenvalue weighted by Crippen LogP contribution is -2.51. The normalized spacial score (nSPS) is 14.8. The Morgan fingerprint density at radius 1 is 1.39 bits per heavy atom. The molecule has 1 fully saturated rings. The molecular formula is C19H15ClF3N7O. The van der Waals surface area contributed by atoms with Crippen molar-refractivity contribution in [2.45, 2.75) is 24.6 Å². The number of hydrogen-bond donors (Lipinski definition) is 2. The van der Waals surface area contributed by atoms with E-state index in [0.717, 1.165) is 0 Å². The van der Waals surface area contributed by atoms with Crippen LogP contribution < -0.4 is 10.2 Å². The van der Waals surface area contributed by atoms with Crippen LogP contribution >= 0.6 is 11.6 Å². The third-order valence-corrected chi connectivity index (χ3v) is 5.20. The Labute approximate surface area is 179 Å². The molecule has 3 aromatic heterocycles. The van der Waals surface area contributed by atoms with E-state index in [2.05, 4.69) is 19.9 Å². The lowest BCUT2D eigenvalue weighted by atomic mass is 10.2. The Morgan fingerprint density at radius 3 is 2.84 bits per heavy atom. The number of nitrogens with one attached hydrogen (secondary N) is 2. The zero-order valence-electron chi connectivity index (χ0n) is 15.9. The lowest BCUT2D eigenvalue weighted by Gasteiger charge is -2.30. The number of anilines is 1. The molecule has 0 unspecified atom stereocenters. The number of halogens is 4. The largest absolute Gasteiger partial charge is 0.405 e. The first-order valence-corrected chi connectivity index (χ1v) is 9.57. The van der Waals surface area contributed by atoms with Crippen LogP contribution in [0.5, 0.6) is 0 Å². The summed E-state index contributed by atoms with van der Waals surface area (Å²) in [5.74, 6) is -0.235. The number of nitrogens with zero attached hydrogens (tertiary/aromatic N) is 5. The fourth-order valence-corrected chi connectivity index (χ4v) is 3.56. The average molecular weight is 450 g/mol. The first-order chi connectivity index (χ1) is 14.7. The Hall–Kier alpha value is -3.39. The third kappa shape index (κ3) is 4.11. The van der Waals surface area contributed by atoms with Crippen LogP contribution in [0.15, 0.2) is 30.7 Å². The molecule has 1 saturated carbocycles. The molecule has 4 rings (SSSR count). The fraction of sp³-hybridized carbons (Fsp3) is 0.316. The number of carbonyl (C=O) groups is 1. The van der Waals surface area contributed by atoms with Crippen LogP contribution in [0.2, 0.25) is 5.02 Å². The molecule has 3 aromatic rings. The second kappa shape index (κ2) is 7.70. The van der Waals surface area contributed by atoms with Crippen LogP contribution in [-0.4, -0.2) is 50.6 Å². The van der Waals surface area contributed by atoms with Crippen LogP contribution in [0.1, 0.15) is 12.8 Å². The minimum Gasteiger partial charge on any atom is -0.345 e. The molecule has 8 nitrogen and oxygen atoms in total. The summed E-state index contributed by atoms with van der Waals surface area (Å²) < 4.78 is 37.6. The van der Waals surface area contributed by atoms with Gasteiger partial charge in [0.15, 0.2) is 5.82 Å². The van der Waals surface area contributed by atoms with Crippen LogP contribution in [-0.2, 0) is 4.79 Å². The number of carbonyl (C=O) groups excluding carboxylic acids is 1. The predicted octanol–water partition coefficient (Wildman–Crippen LogP) is 3.21. The number of pyridine rings is 1. The molecule has 3 heterocycles. The summed E-state index contributed by atoms with van der Waals surface area (Å²) in [7, 11) is 0. The number of amides is 1. The third-order valence-electron chi connectivity index (χ3n) is 5.00. The van der Waals surface area contributed by atoms with Gasteiger partial charge >= 0.3 is 6.18 Å². The SMILES string of the molecule is N#CCN(c1ccnc(-c2c[nH]c3ncc(Cl)cc23)n1)C1(C(=O)NCC(F)(F)F)CC1. The monoisotopic (exact) mass is 449 g/mol. The lowest BCUT2D eigenvalue weighted by molar-refractivity contribution is -0.139. The van der Waals surface area contributed by atoms with Gasteiger partial charge in [0, 0.05) is 29.5 Å². The molecule has 2 N–H and O–H groups in total. The summed E-state index contributed by atoms with van der Waals surface area (Å²) in [5, 5.41) is 12.3. The predicted molar refractivity (Wildman–Crippen MR) is 106 cm³/mol. The van der Waals surface area contributed by atoms with Gasteiger partial charge in [-0.2, -0.15) is 18.4 Å². The van der Waals surface area contributed by atoms with E-state index in [0.29, 0.717) is 40.3 Å². The van der Waals surface area contributed by atoms with Crippen molar-refractivity contribution in [3.8, 4) is 17.5 Å². The van der Waals surface area contributed by atoms with Gasteiger partial charge in [-0.25, -0.2) is 15.0 Å². The number of rotatable bonds is 6. The van der Waals surface area contributed by atoms with E-state index >= 15 is 0 Å². The molecule has 0 bridgehead atoms. The van der Waals surface area contributed by atoms with Gasteiger partial charge in [0.2, 0.25) is 5.91 Å². The summed E-state index contributed by atoms with van der Waals surface area (Å²) in [5.41, 5.74) is -0.0693. The van der Waals surface area contributed by atoms with E-state index < -0.39 is 24.2 Å². The highest BCUT2D eigenvalue weighted by atomic mass is 35.5. The van der Waals surface area contributed by atoms with Gasteiger partial charge in [-0.05, 0) is 25.0 Å². The van der Waals surface area contributed by atoms with E-state index in [4.69, 9.17) is 11.6 Å². The molecule has 0 atom stereocenters. The maximum atomic E-state index is 12.6. The molecule has 31 heavy (non-hydrogen) atoms. The number of H-pyrrole nitrogens is 1. The van der Waals surface area contributed by atoms with Crippen molar-refractivity contribution in [3.05, 3.63) is 35.7 Å². The Balaban J connectivity index is 1.68. The van der Waals surface area contributed by atoms with Crippen molar-refractivity contribution >= 4 is 34.4 Å². The maximum absolute atomic E-state index is 12.6. The minimum atomic E-state index is -4.53. The van der Waals surface area contributed by atoms with Crippen molar-refractivity contribution < 1.29 is 18.0 Å². The highest BCUT2D eigenvalue weighted by Crippen LogP contribution is 2.44. The molecule has 0 radical (unpaired) electrons. The summed E-state index contributed by atoms with van der Waals surface area (Å²) in [6.07, 6.45) is 0.701. The van der Waals surface area contributed by atoms with Crippen LogP contribution in [0, 0.1) is 11.3 Å². The van der Waals surface area contributed by atoms with Gasteiger partial charge < -0.3 is 15.2 Å². The number of nitriles is 1. The molecular weight excluding hydrogens is 435 g/mol. The number of alkyl halides is 3. The van der Waals surface area contributed by atoms with Gasteiger partial charge in [-0.3, -0.25) is 4.79 Å². The summed E-state index contributed by atoms with van der Waals surface area (Å²) in [4.78, 5) is 29.9. The van der Waals surface area contributed by atoms with E-state index in [1.54, 1.807) is 12.3 Å². The highest BCUT2D eigenvalue weighted by Gasteiger charge is 2.55.